The Balaban J connectivity index is 1.69. The Bertz CT molecular complexity index is 312. The van der Waals surface area contributed by atoms with Gasteiger partial charge in [-0.2, -0.15) is 0 Å². The number of aromatic nitrogens is 2. The van der Waals surface area contributed by atoms with Crippen LogP contribution in [0.1, 0.15) is 19.3 Å². The van der Waals surface area contributed by atoms with E-state index in [-0.39, 0.29) is 6.01 Å². The Morgan fingerprint density at radius 1 is 1.44 bits per heavy atom. The van der Waals surface area contributed by atoms with Gasteiger partial charge in [0.25, 0.3) is 0 Å². The molecule has 0 radical (unpaired) electrons. The van der Waals surface area contributed by atoms with Crippen molar-refractivity contribution < 1.29 is 9.13 Å². The van der Waals surface area contributed by atoms with Crippen molar-refractivity contribution in [2.24, 2.45) is 5.92 Å². The fraction of sp³-hybridized carbons (Fsp3) is 0.636. The maximum atomic E-state index is 12.5. The summed E-state index contributed by atoms with van der Waals surface area (Å²) in [6.45, 7) is 2.78. The zero-order chi connectivity index (χ0) is 11.2. The molecule has 0 spiro atoms. The monoisotopic (exact) mass is 225 g/mol. The molecule has 1 fully saturated rings. The fourth-order valence-corrected chi connectivity index (χ4v) is 1.86. The second-order valence-electron chi connectivity index (χ2n) is 4.03. The van der Waals surface area contributed by atoms with Gasteiger partial charge in [0, 0.05) is 0 Å². The highest BCUT2D eigenvalue weighted by Gasteiger charge is 2.12. The zero-order valence-corrected chi connectivity index (χ0v) is 9.16. The van der Waals surface area contributed by atoms with Crippen LogP contribution in [0.3, 0.4) is 0 Å². The van der Waals surface area contributed by atoms with Crippen molar-refractivity contribution in [3.05, 3.63) is 18.2 Å². The minimum Gasteiger partial charge on any atom is -0.463 e. The Kier molecular flexibility index (Phi) is 4.04. The zero-order valence-electron chi connectivity index (χ0n) is 9.16. The highest BCUT2D eigenvalue weighted by atomic mass is 19.1. The molecule has 2 rings (SSSR count). The molecule has 1 aromatic heterocycles. The molecule has 1 N–H and O–H groups in total. The van der Waals surface area contributed by atoms with Crippen LogP contribution in [-0.4, -0.2) is 29.7 Å². The van der Waals surface area contributed by atoms with E-state index >= 15 is 0 Å². The average Bonchev–Trinajstić information content (AvgIpc) is 2.33. The number of piperidine rings is 1. The molecule has 1 aliphatic rings. The Labute approximate surface area is 94.2 Å². The minimum absolute atomic E-state index is 0.255. The number of halogens is 1. The van der Waals surface area contributed by atoms with Crippen molar-refractivity contribution >= 4 is 0 Å². The summed E-state index contributed by atoms with van der Waals surface area (Å²) in [6.07, 6.45) is 5.71. The smallest absolute Gasteiger partial charge is 0.316 e. The maximum absolute atomic E-state index is 12.5. The maximum Gasteiger partial charge on any atom is 0.316 e. The third-order valence-corrected chi connectivity index (χ3v) is 2.75. The van der Waals surface area contributed by atoms with Crippen LogP contribution in [0.2, 0.25) is 0 Å². The standard InChI is InChI=1S/C11H16FN3O/c12-10-7-14-11(15-8-10)16-5-3-9-2-1-4-13-6-9/h7-9,13H,1-6H2. The molecule has 0 amide bonds. The van der Waals surface area contributed by atoms with Gasteiger partial charge >= 0.3 is 6.01 Å². The summed E-state index contributed by atoms with van der Waals surface area (Å²) in [4.78, 5) is 7.47. The Morgan fingerprint density at radius 3 is 2.94 bits per heavy atom. The molecule has 1 unspecified atom stereocenters. The molecule has 88 valence electrons. The van der Waals surface area contributed by atoms with Crippen LogP contribution in [0.25, 0.3) is 0 Å². The van der Waals surface area contributed by atoms with Crippen molar-refractivity contribution in [2.45, 2.75) is 19.3 Å². The summed E-state index contributed by atoms with van der Waals surface area (Å²) in [6, 6.07) is 0.255. The van der Waals surface area contributed by atoms with Crippen molar-refractivity contribution in [1.29, 1.82) is 0 Å². The van der Waals surface area contributed by atoms with E-state index in [1.165, 1.54) is 12.8 Å². The molecule has 4 nitrogen and oxygen atoms in total. The quantitative estimate of drug-likeness (QED) is 0.841. The molecule has 16 heavy (non-hydrogen) atoms. The van der Waals surface area contributed by atoms with Crippen LogP contribution in [-0.2, 0) is 0 Å². The number of rotatable bonds is 4. The van der Waals surface area contributed by atoms with E-state index in [0.717, 1.165) is 31.9 Å². The third-order valence-electron chi connectivity index (χ3n) is 2.75. The first kappa shape index (κ1) is 11.3. The topological polar surface area (TPSA) is 47.0 Å². The van der Waals surface area contributed by atoms with E-state index in [1.54, 1.807) is 0 Å². The van der Waals surface area contributed by atoms with Crippen molar-refractivity contribution in [2.75, 3.05) is 19.7 Å². The molecular formula is C11H16FN3O. The third kappa shape index (κ3) is 3.41. The van der Waals surface area contributed by atoms with Gasteiger partial charge in [0.15, 0.2) is 5.82 Å². The first-order valence-corrected chi connectivity index (χ1v) is 5.65. The van der Waals surface area contributed by atoms with E-state index in [0.29, 0.717) is 12.5 Å². The summed E-state index contributed by atoms with van der Waals surface area (Å²) in [5.41, 5.74) is 0. The van der Waals surface area contributed by atoms with E-state index in [1.807, 2.05) is 0 Å². The van der Waals surface area contributed by atoms with Gasteiger partial charge in [0.05, 0.1) is 19.0 Å². The lowest BCUT2D eigenvalue weighted by Crippen LogP contribution is -2.30. The molecule has 0 aromatic carbocycles. The normalized spacial score (nSPS) is 20.7. The van der Waals surface area contributed by atoms with Gasteiger partial charge < -0.3 is 10.1 Å². The highest BCUT2D eigenvalue weighted by Crippen LogP contribution is 2.14. The van der Waals surface area contributed by atoms with Crippen molar-refractivity contribution in [3.63, 3.8) is 0 Å². The van der Waals surface area contributed by atoms with E-state index in [9.17, 15) is 4.39 Å². The second-order valence-corrected chi connectivity index (χ2v) is 4.03. The molecule has 0 aliphatic carbocycles. The molecular weight excluding hydrogens is 209 g/mol. The van der Waals surface area contributed by atoms with Gasteiger partial charge in [-0.05, 0) is 38.3 Å². The van der Waals surface area contributed by atoms with E-state index in [2.05, 4.69) is 15.3 Å². The summed E-state index contributed by atoms with van der Waals surface area (Å²) in [5.74, 6) is 0.234. The van der Waals surface area contributed by atoms with E-state index < -0.39 is 5.82 Å². The summed E-state index contributed by atoms with van der Waals surface area (Å²) >= 11 is 0. The predicted molar refractivity (Wildman–Crippen MR) is 57.7 cm³/mol. The molecule has 5 heteroatoms. The largest absolute Gasteiger partial charge is 0.463 e. The lowest BCUT2D eigenvalue weighted by molar-refractivity contribution is 0.239. The van der Waals surface area contributed by atoms with Crippen LogP contribution in [0.5, 0.6) is 6.01 Å². The number of ether oxygens (including phenoxy) is 1. The first-order chi connectivity index (χ1) is 7.84. The van der Waals surface area contributed by atoms with Gasteiger partial charge in [-0.15, -0.1) is 0 Å². The number of nitrogens with one attached hydrogen (secondary N) is 1. The predicted octanol–water partition coefficient (Wildman–Crippen LogP) is 1.38. The van der Waals surface area contributed by atoms with Crippen LogP contribution in [0, 0.1) is 11.7 Å². The average molecular weight is 225 g/mol. The SMILES string of the molecule is Fc1cnc(OCCC2CCCNC2)nc1. The van der Waals surface area contributed by atoms with Crippen LogP contribution in [0.4, 0.5) is 4.39 Å². The lowest BCUT2D eigenvalue weighted by Gasteiger charge is -2.22. The summed E-state index contributed by atoms with van der Waals surface area (Å²) in [7, 11) is 0. The highest BCUT2D eigenvalue weighted by molar-refractivity contribution is 4.95. The van der Waals surface area contributed by atoms with Crippen molar-refractivity contribution in [3.8, 4) is 6.01 Å². The Hall–Kier alpha value is -1.23. The first-order valence-electron chi connectivity index (χ1n) is 5.65. The fourth-order valence-electron chi connectivity index (χ4n) is 1.86. The summed E-state index contributed by atoms with van der Waals surface area (Å²) in [5, 5.41) is 3.35. The number of nitrogens with zero attached hydrogens (tertiary/aromatic N) is 2. The molecule has 1 aliphatic heterocycles. The molecule has 0 bridgehead atoms. The minimum atomic E-state index is -0.441. The van der Waals surface area contributed by atoms with Crippen LogP contribution in [0.15, 0.2) is 12.4 Å². The number of hydrogen-bond acceptors (Lipinski definition) is 4. The molecule has 1 aromatic rings. The van der Waals surface area contributed by atoms with Gasteiger partial charge in [-0.1, -0.05) is 0 Å². The molecule has 0 saturated carbocycles. The molecule has 1 saturated heterocycles. The van der Waals surface area contributed by atoms with Crippen LogP contribution >= 0.6 is 0 Å². The van der Waals surface area contributed by atoms with E-state index in [4.69, 9.17) is 4.74 Å². The summed E-state index contributed by atoms with van der Waals surface area (Å²) < 4.78 is 17.9. The lowest BCUT2D eigenvalue weighted by atomic mass is 9.97. The second kappa shape index (κ2) is 5.75. The van der Waals surface area contributed by atoms with Crippen LogP contribution < -0.4 is 10.1 Å². The number of hydrogen-bond donors (Lipinski definition) is 1. The Morgan fingerprint density at radius 2 is 2.25 bits per heavy atom. The molecule has 2 heterocycles. The van der Waals surface area contributed by atoms with Gasteiger partial charge in [0.2, 0.25) is 0 Å². The van der Waals surface area contributed by atoms with Gasteiger partial charge in [-0.25, -0.2) is 14.4 Å². The van der Waals surface area contributed by atoms with Gasteiger partial charge in [-0.3, -0.25) is 0 Å². The van der Waals surface area contributed by atoms with Crippen molar-refractivity contribution in [1.82, 2.24) is 15.3 Å². The van der Waals surface area contributed by atoms with Gasteiger partial charge in [0.1, 0.15) is 0 Å². The molecule has 1 atom stereocenters.